The van der Waals surface area contributed by atoms with Crippen molar-refractivity contribution in [2.45, 2.75) is 13.3 Å². The van der Waals surface area contributed by atoms with Crippen LogP contribution in [0.15, 0.2) is 120 Å². The van der Waals surface area contributed by atoms with Gasteiger partial charge in [0.15, 0.2) is 5.78 Å². The number of benzene rings is 4. The quantitative estimate of drug-likeness (QED) is 0.0890. The van der Waals surface area contributed by atoms with Crippen LogP contribution in [-0.4, -0.2) is 24.0 Å². The van der Waals surface area contributed by atoms with E-state index in [4.69, 9.17) is 4.42 Å². The van der Waals surface area contributed by atoms with Crippen molar-refractivity contribution in [2.75, 3.05) is 16.0 Å². The number of furan rings is 1. The van der Waals surface area contributed by atoms with Gasteiger partial charge in [0.25, 0.3) is 0 Å². The van der Waals surface area contributed by atoms with Crippen LogP contribution in [0.4, 0.5) is 17.1 Å². The summed E-state index contributed by atoms with van der Waals surface area (Å²) in [6.45, 7) is 1.98. The molecule has 0 atom stereocenters. The summed E-state index contributed by atoms with van der Waals surface area (Å²) < 4.78 is 5.83. The van der Waals surface area contributed by atoms with E-state index in [-0.39, 0.29) is 23.7 Å². The van der Waals surface area contributed by atoms with E-state index in [1.54, 1.807) is 66.7 Å². The lowest BCUT2D eigenvalue weighted by Gasteiger charge is -2.13. The Labute approximate surface area is 254 Å². The molecule has 0 saturated heterocycles. The molecule has 1 aromatic heterocycles. The summed E-state index contributed by atoms with van der Waals surface area (Å²) in [6, 6.07) is 31.9. The second-order valence-electron chi connectivity index (χ2n) is 10.0. The predicted molar refractivity (Wildman–Crippen MR) is 171 cm³/mol. The van der Waals surface area contributed by atoms with Crippen LogP contribution < -0.4 is 16.0 Å². The molecule has 0 fully saturated rings. The molecule has 1 heterocycles. The zero-order valence-corrected chi connectivity index (χ0v) is 23.9. The fourth-order valence-corrected chi connectivity index (χ4v) is 4.49. The van der Waals surface area contributed by atoms with Gasteiger partial charge in [0, 0.05) is 34.1 Å². The minimum absolute atomic E-state index is 0.152. The molecule has 0 radical (unpaired) electrons. The van der Waals surface area contributed by atoms with E-state index in [1.807, 2.05) is 49.4 Å². The fraction of sp³-hybridized carbons (Fsp3) is 0.0556. The molecule has 0 aliphatic heterocycles. The Kier molecular flexibility index (Phi) is 9.22. The zero-order valence-electron chi connectivity index (χ0n) is 23.9. The van der Waals surface area contributed by atoms with Crippen molar-refractivity contribution in [3.63, 3.8) is 0 Å². The van der Waals surface area contributed by atoms with Gasteiger partial charge in [-0.15, -0.1) is 0 Å². The molecule has 0 spiro atoms. The molecule has 0 aliphatic carbocycles. The lowest BCUT2D eigenvalue weighted by atomic mass is 10.0. The summed E-state index contributed by atoms with van der Waals surface area (Å²) in [6.07, 6.45) is 3.63. The Bertz CT molecular complexity index is 1820. The van der Waals surface area contributed by atoms with Crippen LogP contribution in [0.3, 0.4) is 0 Å². The van der Waals surface area contributed by atoms with Gasteiger partial charge in [0.1, 0.15) is 11.5 Å². The molecule has 218 valence electrons. The van der Waals surface area contributed by atoms with Crippen LogP contribution in [0.2, 0.25) is 0 Å². The molecule has 0 unspecified atom stereocenters. The van der Waals surface area contributed by atoms with Crippen molar-refractivity contribution in [3.8, 4) is 11.3 Å². The third-order valence-electron chi connectivity index (χ3n) is 6.75. The summed E-state index contributed by atoms with van der Waals surface area (Å²) in [5.41, 5.74) is 4.87. The molecule has 3 N–H and O–H groups in total. The minimum Gasteiger partial charge on any atom is -0.457 e. The first-order valence-electron chi connectivity index (χ1n) is 13.9. The first-order chi connectivity index (χ1) is 21.4. The fourth-order valence-electron chi connectivity index (χ4n) is 4.49. The number of carbonyl (C=O) groups is 4. The highest BCUT2D eigenvalue weighted by atomic mass is 16.3. The van der Waals surface area contributed by atoms with Crippen molar-refractivity contribution in [3.05, 3.63) is 143 Å². The average Bonchev–Trinajstić information content (AvgIpc) is 3.52. The van der Waals surface area contributed by atoms with E-state index >= 15 is 0 Å². The van der Waals surface area contributed by atoms with E-state index in [1.165, 1.54) is 12.2 Å². The molecule has 44 heavy (non-hydrogen) atoms. The maximum absolute atomic E-state index is 13.5. The number of carbonyl (C=O) groups excluding carboxylic acids is 4. The monoisotopic (exact) mass is 583 g/mol. The topological polar surface area (TPSA) is 118 Å². The summed E-state index contributed by atoms with van der Waals surface area (Å²) in [5, 5.41) is 8.21. The van der Waals surface area contributed by atoms with E-state index < -0.39 is 5.91 Å². The second-order valence-corrected chi connectivity index (χ2v) is 10.0. The number of rotatable bonds is 11. The Morgan fingerprint density at radius 3 is 2.23 bits per heavy atom. The average molecular weight is 584 g/mol. The molecule has 8 nitrogen and oxygen atoms in total. The van der Waals surface area contributed by atoms with Crippen molar-refractivity contribution < 1.29 is 23.6 Å². The number of hydrogen-bond donors (Lipinski definition) is 3. The van der Waals surface area contributed by atoms with Crippen molar-refractivity contribution in [2.24, 2.45) is 0 Å². The third-order valence-corrected chi connectivity index (χ3v) is 6.75. The molecular weight excluding hydrogens is 554 g/mol. The van der Waals surface area contributed by atoms with Crippen LogP contribution in [0.1, 0.15) is 32.8 Å². The van der Waals surface area contributed by atoms with Crippen LogP contribution in [0.25, 0.3) is 17.4 Å². The van der Waals surface area contributed by atoms with Crippen LogP contribution in [0.5, 0.6) is 0 Å². The standard InChI is InChI=1S/C36H29N3O5/c1-24-7-9-25(10-8-24)21-35(42)39-32-18-15-29(22-31(32)36(43)27-5-3-2-4-6-27)38-34(41)20-17-30-16-19-33(44-30)26-11-13-28(14-12-26)37-23-40/h2-20,22-23H,21H2,1H3,(H,37,40)(H,38,41)(H,39,42)/b20-17+. The molecule has 0 saturated carbocycles. The highest BCUT2D eigenvalue weighted by Crippen LogP contribution is 2.26. The van der Waals surface area contributed by atoms with Crippen molar-refractivity contribution >= 4 is 47.1 Å². The van der Waals surface area contributed by atoms with E-state index in [0.29, 0.717) is 40.6 Å². The first kappa shape index (κ1) is 29.5. The lowest BCUT2D eigenvalue weighted by molar-refractivity contribution is -0.115. The minimum atomic E-state index is -0.429. The Morgan fingerprint density at radius 2 is 1.50 bits per heavy atom. The van der Waals surface area contributed by atoms with Crippen LogP contribution >= 0.6 is 0 Å². The van der Waals surface area contributed by atoms with Gasteiger partial charge < -0.3 is 20.4 Å². The molecule has 4 aromatic carbocycles. The number of anilines is 3. The SMILES string of the molecule is Cc1ccc(CC(=O)Nc2ccc(NC(=O)/C=C/c3ccc(-c4ccc(NC=O)cc4)o3)cc2C(=O)c2ccccc2)cc1. The molecule has 5 aromatic rings. The van der Waals surface area contributed by atoms with Gasteiger partial charge in [-0.3, -0.25) is 19.2 Å². The highest BCUT2D eigenvalue weighted by Gasteiger charge is 2.17. The number of nitrogens with one attached hydrogen (secondary N) is 3. The van der Waals surface area contributed by atoms with E-state index in [0.717, 1.165) is 16.7 Å². The normalized spacial score (nSPS) is 10.8. The molecule has 3 amide bonds. The Balaban J connectivity index is 1.30. The largest absolute Gasteiger partial charge is 0.457 e. The molecule has 8 heteroatoms. The summed E-state index contributed by atoms with van der Waals surface area (Å²) in [5.74, 6) is 0.0909. The number of ketones is 1. The maximum Gasteiger partial charge on any atom is 0.248 e. The smallest absolute Gasteiger partial charge is 0.248 e. The van der Waals surface area contributed by atoms with Gasteiger partial charge in [-0.05, 0) is 73.2 Å². The first-order valence-corrected chi connectivity index (χ1v) is 13.9. The van der Waals surface area contributed by atoms with Crippen molar-refractivity contribution in [1.82, 2.24) is 0 Å². The second kappa shape index (κ2) is 13.8. The van der Waals surface area contributed by atoms with Gasteiger partial charge in [0.05, 0.1) is 12.1 Å². The Hall–Kier alpha value is -6.02. The van der Waals surface area contributed by atoms with Gasteiger partial charge in [-0.2, -0.15) is 0 Å². The van der Waals surface area contributed by atoms with Gasteiger partial charge in [-0.1, -0.05) is 60.2 Å². The molecular formula is C36H29N3O5. The van der Waals surface area contributed by atoms with Crippen molar-refractivity contribution in [1.29, 1.82) is 0 Å². The number of aryl methyl sites for hydroxylation is 1. The summed E-state index contributed by atoms with van der Waals surface area (Å²) in [7, 11) is 0. The number of amides is 3. The van der Waals surface area contributed by atoms with E-state index in [2.05, 4.69) is 16.0 Å². The molecule has 5 rings (SSSR count). The number of hydrogen-bond acceptors (Lipinski definition) is 5. The van der Waals surface area contributed by atoms with Crippen LogP contribution in [0, 0.1) is 6.92 Å². The zero-order chi connectivity index (χ0) is 30.9. The van der Waals surface area contributed by atoms with E-state index in [9.17, 15) is 19.2 Å². The maximum atomic E-state index is 13.5. The highest BCUT2D eigenvalue weighted by molar-refractivity contribution is 6.15. The molecule has 0 bridgehead atoms. The summed E-state index contributed by atoms with van der Waals surface area (Å²) >= 11 is 0. The van der Waals surface area contributed by atoms with Crippen LogP contribution in [-0.2, 0) is 20.8 Å². The lowest BCUT2D eigenvalue weighted by Crippen LogP contribution is -2.18. The van der Waals surface area contributed by atoms with Gasteiger partial charge in [-0.25, -0.2) is 0 Å². The van der Waals surface area contributed by atoms with Gasteiger partial charge >= 0.3 is 0 Å². The van der Waals surface area contributed by atoms with Gasteiger partial charge in [0.2, 0.25) is 18.2 Å². The predicted octanol–water partition coefficient (Wildman–Crippen LogP) is 6.89. The molecule has 0 aliphatic rings. The summed E-state index contributed by atoms with van der Waals surface area (Å²) in [4.78, 5) is 49.7. The Morgan fingerprint density at radius 1 is 0.773 bits per heavy atom. The third kappa shape index (κ3) is 7.63.